The first-order valence-electron chi connectivity index (χ1n) is 8.43. The van der Waals surface area contributed by atoms with Crippen molar-refractivity contribution in [1.29, 1.82) is 0 Å². The number of halogens is 1. The van der Waals surface area contributed by atoms with Gasteiger partial charge in [0.2, 0.25) is 15.9 Å². The number of benzene rings is 1. The minimum absolute atomic E-state index is 0.118. The Morgan fingerprint density at radius 2 is 2.00 bits per heavy atom. The van der Waals surface area contributed by atoms with Gasteiger partial charge in [0.15, 0.2) is 0 Å². The molecule has 148 valence electrons. The van der Waals surface area contributed by atoms with E-state index in [0.717, 1.165) is 6.07 Å². The van der Waals surface area contributed by atoms with E-state index in [1.54, 1.807) is 0 Å². The fourth-order valence-corrected chi connectivity index (χ4v) is 3.90. The minimum atomic E-state index is -4.13. The van der Waals surface area contributed by atoms with E-state index in [9.17, 15) is 17.6 Å². The fourth-order valence-electron chi connectivity index (χ4n) is 2.12. The molecule has 0 radical (unpaired) electrons. The van der Waals surface area contributed by atoms with Gasteiger partial charge in [0.1, 0.15) is 16.8 Å². The summed E-state index contributed by atoms with van der Waals surface area (Å²) < 4.78 is 46.4. The summed E-state index contributed by atoms with van der Waals surface area (Å²) in [5.41, 5.74) is 0. The van der Waals surface area contributed by atoms with Crippen LogP contribution in [-0.2, 0) is 19.6 Å². The molecular formula is C17H27FN2O4S2. The molecule has 26 heavy (non-hydrogen) atoms. The lowest BCUT2D eigenvalue weighted by molar-refractivity contribution is -0.122. The predicted octanol–water partition coefficient (Wildman–Crippen LogP) is 2.16. The number of sulfonamides is 1. The number of rotatable bonds is 12. The van der Waals surface area contributed by atoms with E-state index < -0.39 is 32.7 Å². The third-order valence-corrected chi connectivity index (χ3v) is 5.57. The molecule has 6 nitrogen and oxygen atoms in total. The molecule has 1 unspecified atom stereocenters. The molecule has 0 saturated carbocycles. The average Bonchev–Trinajstić information content (AvgIpc) is 2.58. The van der Waals surface area contributed by atoms with Crippen LogP contribution in [-0.4, -0.2) is 51.6 Å². The second-order valence-electron chi connectivity index (χ2n) is 5.95. The number of amides is 1. The van der Waals surface area contributed by atoms with Crippen molar-refractivity contribution in [2.75, 3.05) is 25.2 Å². The summed E-state index contributed by atoms with van der Waals surface area (Å²) in [6.45, 7) is 4.74. The topological polar surface area (TPSA) is 84.5 Å². The monoisotopic (exact) mass is 406 g/mol. The lowest BCUT2D eigenvalue weighted by Crippen LogP contribution is -2.47. The van der Waals surface area contributed by atoms with Crippen LogP contribution in [0.25, 0.3) is 0 Å². The molecule has 1 rings (SSSR count). The van der Waals surface area contributed by atoms with Crippen LogP contribution >= 0.6 is 11.8 Å². The zero-order chi connectivity index (χ0) is 19.6. The Balaban J connectivity index is 2.70. The number of hydrogen-bond acceptors (Lipinski definition) is 5. The van der Waals surface area contributed by atoms with Crippen molar-refractivity contribution >= 4 is 27.7 Å². The summed E-state index contributed by atoms with van der Waals surface area (Å²) in [5, 5.41) is 2.71. The van der Waals surface area contributed by atoms with Gasteiger partial charge < -0.3 is 10.1 Å². The molecular weight excluding hydrogens is 379 g/mol. The van der Waals surface area contributed by atoms with Crippen LogP contribution in [0.1, 0.15) is 26.7 Å². The molecule has 0 aromatic heterocycles. The van der Waals surface area contributed by atoms with Gasteiger partial charge >= 0.3 is 0 Å². The number of carbonyl (C=O) groups excluding carboxylic acids is 1. The van der Waals surface area contributed by atoms with Crippen LogP contribution in [0, 0.1) is 5.82 Å². The second kappa shape index (κ2) is 11.5. The summed E-state index contributed by atoms with van der Waals surface area (Å²) in [7, 11) is -4.13. The highest BCUT2D eigenvalue weighted by Gasteiger charge is 2.27. The normalized spacial score (nSPS) is 13.0. The molecule has 0 aliphatic carbocycles. The number of hydrogen-bond donors (Lipinski definition) is 2. The molecule has 9 heteroatoms. The summed E-state index contributed by atoms with van der Waals surface area (Å²) in [4.78, 5) is 11.9. The van der Waals surface area contributed by atoms with Gasteiger partial charge in [-0.25, -0.2) is 12.8 Å². The molecule has 2 N–H and O–H groups in total. The van der Waals surface area contributed by atoms with Crippen LogP contribution in [0.3, 0.4) is 0 Å². The Morgan fingerprint density at radius 1 is 1.31 bits per heavy atom. The molecule has 1 aromatic rings. The highest BCUT2D eigenvalue weighted by atomic mass is 32.2. The van der Waals surface area contributed by atoms with Crippen LogP contribution in [0.5, 0.6) is 0 Å². The number of thioether (sulfide) groups is 1. The van der Waals surface area contributed by atoms with Crippen molar-refractivity contribution in [3.05, 3.63) is 30.1 Å². The summed E-state index contributed by atoms with van der Waals surface area (Å²) in [6.07, 6.45) is 2.92. The van der Waals surface area contributed by atoms with Crippen molar-refractivity contribution < 1.29 is 22.3 Å². The van der Waals surface area contributed by atoms with Crippen molar-refractivity contribution in [2.24, 2.45) is 0 Å². The quantitative estimate of drug-likeness (QED) is 0.520. The molecule has 1 amide bonds. The Hall–Kier alpha value is -1.16. The zero-order valence-corrected chi connectivity index (χ0v) is 17.0. The molecule has 0 spiro atoms. The van der Waals surface area contributed by atoms with Gasteiger partial charge in [-0.15, -0.1) is 0 Å². The average molecular weight is 407 g/mol. The van der Waals surface area contributed by atoms with Crippen LogP contribution < -0.4 is 10.0 Å². The second-order valence-corrected chi connectivity index (χ2v) is 8.62. The predicted molar refractivity (Wildman–Crippen MR) is 102 cm³/mol. The largest absolute Gasteiger partial charge is 0.379 e. The summed E-state index contributed by atoms with van der Waals surface area (Å²) in [6, 6.07) is 4.12. The smallest absolute Gasteiger partial charge is 0.244 e. The SMILES string of the molecule is CSCCC(NS(=O)(=O)c1ccccc1F)C(=O)NCCCOC(C)C. The number of carbonyl (C=O) groups is 1. The van der Waals surface area contributed by atoms with Crippen LogP contribution in [0.4, 0.5) is 4.39 Å². The first-order valence-corrected chi connectivity index (χ1v) is 11.3. The molecule has 0 heterocycles. The molecule has 0 saturated heterocycles. The molecule has 1 atom stereocenters. The number of nitrogens with one attached hydrogen (secondary N) is 2. The Labute approximate surface area is 159 Å². The Morgan fingerprint density at radius 3 is 2.62 bits per heavy atom. The van der Waals surface area contributed by atoms with E-state index in [0.29, 0.717) is 31.7 Å². The molecule has 0 aliphatic rings. The van der Waals surface area contributed by atoms with Crippen molar-refractivity contribution in [3.63, 3.8) is 0 Å². The lowest BCUT2D eigenvalue weighted by Gasteiger charge is -2.18. The first-order chi connectivity index (χ1) is 12.3. The van der Waals surface area contributed by atoms with E-state index in [2.05, 4.69) is 10.0 Å². The third-order valence-electron chi connectivity index (χ3n) is 3.42. The molecule has 1 aromatic carbocycles. The van der Waals surface area contributed by atoms with Gasteiger partial charge in [0.05, 0.1) is 6.10 Å². The van der Waals surface area contributed by atoms with Crippen LogP contribution in [0.2, 0.25) is 0 Å². The van der Waals surface area contributed by atoms with Gasteiger partial charge in [0, 0.05) is 13.2 Å². The van der Waals surface area contributed by atoms with Gasteiger partial charge in [-0.2, -0.15) is 16.5 Å². The summed E-state index contributed by atoms with van der Waals surface area (Å²) >= 11 is 1.50. The van der Waals surface area contributed by atoms with E-state index in [1.165, 1.54) is 30.0 Å². The summed E-state index contributed by atoms with van der Waals surface area (Å²) in [5.74, 6) is -0.688. The Bertz CT molecular complexity index is 668. The lowest BCUT2D eigenvalue weighted by atomic mass is 10.2. The van der Waals surface area contributed by atoms with E-state index in [4.69, 9.17) is 4.74 Å². The van der Waals surface area contributed by atoms with Gasteiger partial charge in [-0.1, -0.05) is 12.1 Å². The minimum Gasteiger partial charge on any atom is -0.379 e. The highest BCUT2D eigenvalue weighted by molar-refractivity contribution is 7.98. The maximum absolute atomic E-state index is 13.8. The van der Waals surface area contributed by atoms with E-state index >= 15 is 0 Å². The highest BCUT2D eigenvalue weighted by Crippen LogP contribution is 2.14. The molecule has 0 fully saturated rings. The molecule has 0 bridgehead atoms. The first kappa shape index (κ1) is 22.9. The van der Waals surface area contributed by atoms with Crippen molar-refractivity contribution in [1.82, 2.24) is 10.0 Å². The fraction of sp³-hybridized carbons (Fsp3) is 0.588. The standard InChI is InChI=1S/C17H27FN2O4S2/c1-13(2)24-11-6-10-19-17(21)15(9-12-25-3)20-26(22,23)16-8-5-4-7-14(16)18/h4-5,7-8,13,15,20H,6,9-12H2,1-3H3,(H,19,21). The van der Waals surface area contributed by atoms with E-state index in [-0.39, 0.29) is 6.10 Å². The maximum Gasteiger partial charge on any atom is 0.244 e. The van der Waals surface area contributed by atoms with Gasteiger partial charge in [-0.3, -0.25) is 4.79 Å². The number of ether oxygens (including phenoxy) is 1. The van der Waals surface area contributed by atoms with Crippen molar-refractivity contribution in [2.45, 2.75) is 43.7 Å². The maximum atomic E-state index is 13.8. The van der Waals surface area contributed by atoms with Gasteiger partial charge in [-0.05, 0) is 50.8 Å². The Kier molecular flexibility index (Phi) is 10.1. The van der Waals surface area contributed by atoms with E-state index in [1.807, 2.05) is 20.1 Å². The van der Waals surface area contributed by atoms with Crippen LogP contribution in [0.15, 0.2) is 29.2 Å². The molecule has 0 aliphatic heterocycles. The third kappa shape index (κ3) is 8.03. The zero-order valence-electron chi connectivity index (χ0n) is 15.3. The van der Waals surface area contributed by atoms with Crippen molar-refractivity contribution in [3.8, 4) is 0 Å². The van der Waals surface area contributed by atoms with Gasteiger partial charge in [0.25, 0.3) is 0 Å².